The molecule has 0 aliphatic carbocycles. The predicted molar refractivity (Wildman–Crippen MR) is 97.3 cm³/mol. The lowest BCUT2D eigenvalue weighted by Gasteiger charge is -2.13. The highest BCUT2D eigenvalue weighted by atomic mass is 19.4. The maximum Gasteiger partial charge on any atom is 0.422 e. The molecule has 1 amide bonds. The van der Waals surface area contributed by atoms with Crippen LogP contribution in [0.1, 0.15) is 10.5 Å². The van der Waals surface area contributed by atoms with E-state index in [0.29, 0.717) is 22.4 Å². The molecule has 0 aliphatic rings. The van der Waals surface area contributed by atoms with Crippen LogP contribution in [-0.4, -0.2) is 37.9 Å². The Morgan fingerprint density at radius 1 is 1.07 bits per heavy atom. The first-order valence-corrected chi connectivity index (χ1v) is 8.25. The first-order chi connectivity index (χ1) is 13.7. The van der Waals surface area contributed by atoms with Crippen LogP contribution >= 0.6 is 0 Å². The van der Waals surface area contributed by atoms with Gasteiger partial charge in [-0.25, -0.2) is 4.39 Å². The van der Waals surface area contributed by atoms with E-state index < -0.39 is 24.5 Å². The van der Waals surface area contributed by atoms with E-state index in [4.69, 9.17) is 9.47 Å². The number of amides is 1. The maximum absolute atomic E-state index is 13.6. The van der Waals surface area contributed by atoms with Crippen LogP contribution in [0.25, 0.3) is 10.9 Å². The number of alkyl halides is 3. The van der Waals surface area contributed by atoms with E-state index in [-0.39, 0.29) is 17.1 Å². The summed E-state index contributed by atoms with van der Waals surface area (Å²) in [4.78, 5) is 15.5. The predicted octanol–water partition coefficient (Wildman–Crippen LogP) is 4.52. The van der Waals surface area contributed by atoms with E-state index in [1.54, 1.807) is 12.1 Å². The molecule has 154 valence electrons. The third-order valence-electron chi connectivity index (χ3n) is 3.95. The normalized spacial score (nSPS) is 11.4. The molecule has 29 heavy (non-hydrogen) atoms. The van der Waals surface area contributed by atoms with Crippen LogP contribution in [-0.2, 0) is 0 Å². The Morgan fingerprint density at radius 2 is 1.83 bits per heavy atom. The molecule has 0 saturated carbocycles. The molecule has 0 saturated heterocycles. The van der Waals surface area contributed by atoms with Crippen molar-refractivity contribution in [1.29, 1.82) is 0 Å². The van der Waals surface area contributed by atoms with Gasteiger partial charge in [-0.1, -0.05) is 0 Å². The molecule has 0 fully saturated rings. The maximum atomic E-state index is 13.6. The molecule has 2 aromatic carbocycles. The fraction of sp³-hybridized carbons (Fsp3) is 0.211. The number of benzene rings is 2. The van der Waals surface area contributed by atoms with Crippen LogP contribution in [0.2, 0.25) is 0 Å². The van der Waals surface area contributed by atoms with Crippen molar-refractivity contribution in [3.63, 3.8) is 0 Å². The van der Waals surface area contributed by atoms with Crippen molar-refractivity contribution in [2.75, 3.05) is 26.1 Å². The number of hydrogen-bond donors (Lipinski definition) is 2. The number of halogens is 4. The monoisotopic (exact) mass is 412 g/mol. The third-order valence-corrected chi connectivity index (χ3v) is 3.95. The molecule has 2 N–H and O–H groups in total. The molecule has 3 rings (SSSR count). The second-order valence-corrected chi connectivity index (χ2v) is 5.98. The average molecular weight is 412 g/mol. The quantitative estimate of drug-likeness (QED) is 0.584. The molecule has 1 aromatic heterocycles. The van der Waals surface area contributed by atoms with Gasteiger partial charge in [0.1, 0.15) is 28.8 Å². The number of hydrogen-bond acceptors (Lipinski definition) is 4. The Morgan fingerprint density at radius 3 is 2.48 bits per heavy atom. The molecule has 0 atom stereocenters. The van der Waals surface area contributed by atoms with E-state index in [2.05, 4.69) is 15.0 Å². The van der Waals surface area contributed by atoms with Crippen molar-refractivity contribution in [2.45, 2.75) is 6.18 Å². The average Bonchev–Trinajstić information content (AvgIpc) is 3.10. The zero-order valence-corrected chi connectivity index (χ0v) is 15.3. The second kappa shape index (κ2) is 7.90. The summed E-state index contributed by atoms with van der Waals surface area (Å²) in [5.74, 6) is -0.827. The van der Waals surface area contributed by atoms with E-state index in [1.165, 1.54) is 20.3 Å². The van der Waals surface area contributed by atoms with Crippen molar-refractivity contribution >= 4 is 22.5 Å². The number of carbonyl (C=O) groups excluding carboxylic acids is 1. The van der Waals surface area contributed by atoms with Crippen molar-refractivity contribution in [3.8, 4) is 17.2 Å². The van der Waals surface area contributed by atoms with E-state index in [1.807, 2.05) is 0 Å². The van der Waals surface area contributed by atoms with Gasteiger partial charge in [0, 0.05) is 17.5 Å². The van der Waals surface area contributed by atoms with Crippen LogP contribution in [0.3, 0.4) is 0 Å². The highest BCUT2D eigenvalue weighted by Gasteiger charge is 2.29. The SMILES string of the molecule is COc1cc(OC)c2[nH]c(C(=O)Nc3cc(F)ccc3OCC(F)(F)F)cc2c1. The lowest BCUT2D eigenvalue weighted by atomic mass is 10.2. The van der Waals surface area contributed by atoms with E-state index in [0.717, 1.165) is 18.2 Å². The number of methoxy groups -OCH3 is 2. The third kappa shape index (κ3) is 4.71. The summed E-state index contributed by atoms with van der Waals surface area (Å²) < 4.78 is 65.9. The minimum absolute atomic E-state index is 0.0811. The summed E-state index contributed by atoms with van der Waals surface area (Å²) in [5.41, 5.74) is 0.367. The molecule has 3 aromatic rings. The van der Waals surface area contributed by atoms with Gasteiger partial charge >= 0.3 is 6.18 Å². The van der Waals surface area contributed by atoms with Gasteiger partial charge in [0.2, 0.25) is 0 Å². The number of fused-ring (bicyclic) bond motifs is 1. The highest BCUT2D eigenvalue weighted by Crippen LogP contribution is 2.32. The summed E-state index contributed by atoms with van der Waals surface area (Å²) in [6.45, 7) is -1.58. The van der Waals surface area contributed by atoms with Gasteiger partial charge in [0.05, 0.1) is 25.4 Å². The van der Waals surface area contributed by atoms with Crippen LogP contribution in [0.15, 0.2) is 36.4 Å². The van der Waals surface area contributed by atoms with Gasteiger partial charge in [-0.3, -0.25) is 4.79 Å². The Hall–Kier alpha value is -3.43. The molecule has 6 nitrogen and oxygen atoms in total. The standard InChI is InChI=1S/C19H16F4N2O4/c1-27-12-5-10-6-14(24-17(10)16(8-12)28-2)18(26)25-13-7-11(20)3-4-15(13)29-9-19(21,22)23/h3-8,24H,9H2,1-2H3,(H,25,26). The topological polar surface area (TPSA) is 72.6 Å². The summed E-state index contributed by atoms with van der Waals surface area (Å²) in [6, 6.07) is 7.61. The first-order valence-electron chi connectivity index (χ1n) is 8.25. The van der Waals surface area contributed by atoms with E-state index >= 15 is 0 Å². The molecule has 10 heteroatoms. The number of aromatic amines is 1. The number of nitrogens with one attached hydrogen (secondary N) is 2. The Balaban J connectivity index is 1.89. The Bertz CT molecular complexity index is 1050. The smallest absolute Gasteiger partial charge is 0.422 e. The molecule has 1 heterocycles. The van der Waals surface area contributed by atoms with Crippen molar-refractivity contribution < 1.29 is 36.6 Å². The number of aromatic nitrogens is 1. The molecule has 0 radical (unpaired) electrons. The first kappa shape index (κ1) is 20.3. The highest BCUT2D eigenvalue weighted by molar-refractivity contribution is 6.07. The molecular weight excluding hydrogens is 396 g/mol. The molecule has 0 aliphatic heterocycles. The number of H-pyrrole nitrogens is 1. The second-order valence-electron chi connectivity index (χ2n) is 5.98. The van der Waals surface area contributed by atoms with Crippen LogP contribution in [0.4, 0.5) is 23.2 Å². The fourth-order valence-electron chi connectivity index (χ4n) is 2.66. The number of ether oxygens (including phenoxy) is 3. The zero-order chi connectivity index (χ0) is 21.2. The van der Waals surface area contributed by atoms with Gasteiger partial charge in [-0.15, -0.1) is 0 Å². The Labute approximate surface area is 162 Å². The van der Waals surface area contributed by atoms with Crippen LogP contribution in [0, 0.1) is 5.82 Å². The number of anilines is 1. The fourth-order valence-corrected chi connectivity index (χ4v) is 2.66. The largest absolute Gasteiger partial charge is 0.497 e. The number of carbonyl (C=O) groups is 1. The van der Waals surface area contributed by atoms with Crippen molar-refractivity contribution in [2.24, 2.45) is 0 Å². The lowest BCUT2D eigenvalue weighted by Crippen LogP contribution is -2.20. The lowest BCUT2D eigenvalue weighted by molar-refractivity contribution is -0.153. The number of rotatable bonds is 6. The van der Waals surface area contributed by atoms with Gasteiger partial charge in [-0.2, -0.15) is 13.2 Å². The van der Waals surface area contributed by atoms with E-state index in [9.17, 15) is 22.4 Å². The minimum Gasteiger partial charge on any atom is -0.497 e. The summed E-state index contributed by atoms with van der Waals surface area (Å²) in [6.07, 6.45) is -4.58. The van der Waals surface area contributed by atoms with Crippen LogP contribution in [0.5, 0.6) is 17.2 Å². The summed E-state index contributed by atoms with van der Waals surface area (Å²) in [5, 5.41) is 2.97. The molecule has 0 spiro atoms. The summed E-state index contributed by atoms with van der Waals surface area (Å²) in [7, 11) is 2.93. The van der Waals surface area contributed by atoms with Gasteiger partial charge < -0.3 is 24.5 Å². The van der Waals surface area contributed by atoms with Gasteiger partial charge in [0.25, 0.3) is 5.91 Å². The Kier molecular flexibility index (Phi) is 5.53. The van der Waals surface area contributed by atoms with Gasteiger partial charge in [0.15, 0.2) is 6.61 Å². The van der Waals surface area contributed by atoms with Crippen LogP contribution < -0.4 is 19.5 Å². The molecule has 0 bridgehead atoms. The zero-order valence-electron chi connectivity index (χ0n) is 15.3. The summed E-state index contributed by atoms with van der Waals surface area (Å²) >= 11 is 0. The van der Waals surface area contributed by atoms with Crippen molar-refractivity contribution in [1.82, 2.24) is 4.98 Å². The molecule has 0 unspecified atom stereocenters. The molecular formula is C19H16F4N2O4. The van der Waals surface area contributed by atoms with Gasteiger partial charge in [-0.05, 0) is 24.3 Å². The minimum atomic E-state index is -4.58. The van der Waals surface area contributed by atoms with Crippen molar-refractivity contribution in [3.05, 3.63) is 47.9 Å².